The summed E-state index contributed by atoms with van der Waals surface area (Å²) in [7, 11) is 3.58. The van der Waals surface area contributed by atoms with E-state index in [-0.39, 0.29) is 22.6 Å². The van der Waals surface area contributed by atoms with Crippen LogP contribution in [0.5, 0.6) is 11.5 Å². The molecule has 1 fully saturated rings. The number of imide groups is 1. The number of rotatable bonds is 3. The van der Waals surface area contributed by atoms with Crippen molar-refractivity contribution in [3.63, 3.8) is 0 Å². The van der Waals surface area contributed by atoms with Crippen LogP contribution in [0.1, 0.15) is 139 Å². The van der Waals surface area contributed by atoms with Crippen molar-refractivity contribution in [3.8, 4) is 11.5 Å². The molecule has 0 N–H and O–H groups in total. The van der Waals surface area contributed by atoms with Gasteiger partial charge in [0.1, 0.15) is 11.5 Å². The first-order valence-corrected chi connectivity index (χ1v) is 19.4. The molecule has 2 amide bonds. The van der Waals surface area contributed by atoms with Crippen molar-refractivity contribution in [1.29, 1.82) is 0 Å². The second kappa shape index (κ2) is 15.0. The molecule has 3 aromatic carbocycles. The molecule has 2 atom stereocenters. The lowest BCUT2D eigenvalue weighted by Gasteiger charge is -2.32. The van der Waals surface area contributed by atoms with E-state index >= 15 is 0 Å². The van der Waals surface area contributed by atoms with Crippen LogP contribution < -0.4 is 14.4 Å². The van der Waals surface area contributed by atoms with Gasteiger partial charge in [-0.25, -0.2) is 0 Å². The zero-order valence-corrected chi connectivity index (χ0v) is 32.4. The van der Waals surface area contributed by atoms with Gasteiger partial charge in [0.15, 0.2) is 0 Å². The van der Waals surface area contributed by atoms with Gasteiger partial charge in [0.05, 0.1) is 31.7 Å². The average molecular weight is 690 g/mol. The van der Waals surface area contributed by atoms with Gasteiger partial charge < -0.3 is 9.47 Å². The SMILES string of the molecule is COc1c2cc(C(C)(C)C)cc1C1=C(CC3C(=O)N(c4ccccc4)C(=O)C3C1)c1cc(C(C)(C)C)cc(c1OC)CCCCCCCCCC2. The number of hydrogen-bond donors (Lipinski definition) is 0. The van der Waals surface area contributed by atoms with Gasteiger partial charge in [-0.2, -0.15) is 0 Å². The predicted octanol–water partition coefficient (Wildman–Crippen LogP) is 11.0. The van der Waals surface area contributed by atoms with Crippen LogP contribution in [0.4, 0.5) is 5.69 Å². The van der Waals surface area contributed by atoms with Crippen LogP contribution in [0.15, 0.2) is 54.6 Å². The molecule has 1 saturated heterocycles. The molecule has 3 aromatic rings. The Kier molecular flexibility index (Phi) is 10.9. The normalized spacial score (nSPS) is 20.7. The van der Waals surface area contributed by atoms with E-state index < -0.39 is 11.8 Å². The van der Waals surface area contributed by atoms with Crippen molar-refractivity contribution >= 4 is 28.6 Å². The van der Waals surface area contributed by atoms with Gasteiger partial charge in [-0.05, 0) is 107 Å². The zero-order chi connectivity index (χ0) is 36.5. The topological polar surface area (TPSA) is 55.8 Å². The summed E-state index contributed by atoms with van der Waals surface area (Å²) in [5.41, 5.74) is 9.75. The molecule has 5 nitrogen and oxygen atoms in total. The Balaban J connectivity index is 1.64. The Morgan fingerprint density at radius 3 is 1.33 bits per heavy atom. The fourth-order valence-electron chi connectivity index (χ4n) is 8.54. The average Bonchev–Trinajstić information content (AvgIpc) is 3.34. The minimum Gasteiger partial charge on any atom is -0.496 e. The standard InChI is InChI=1S/C46H59NO4/c1-45(2,3)32-24-30-20-16-13-11-9-10-12-14-17-21-31-25-33(46(4,5)6)27-38(42(31)51-8)36-29-40-39(28-35(36)37(26-32)41(30)50-7)43(48)47(44(40)49)34-22-18-15-19-23-34/h15,18-19,22-27,39-40H,9-14,16-17,20-21,28-29H2,1-8H3. The van der Waals surface area contributed by atoms with Crippen molar-refractivity contribution in [2.24, 2.45) is 11.8 Å². The number of para-hydroxylation sites is 1. The maximum atomic E-state index is 14.3. The maximum absolute atomic E-state index is 14.3. The number of hydrogen-bond acceptors (Lipinski definition) is 4. The number of carbonyl (C=O) groups is 2. The summed E-state index contributed by atoms with van der Waals surface area (Å²) in [6, 6.07) is 18.8. The van der Waals surface area contributed by atoms with Gasteiger partial charge in [-0.1, -0.05) is 110 Å². The largest absolute Gasteiger partial charge is 0.496 e. The smallest absolute Gasteiger partial charge is 0.238 e. The molecule has 2 aliphatic carbocycles. The molecule has 1 aliphatic heterocycles. The highest BCUT2D eigenvalue weighted by Crippen LogP contribution is 2.53. The lowest BCUT2D eigenvalue weighted by Crippen LogP contribution is -2.30. The zero-order valence-electron chi connectivity index (χ0n) is 32.4. The summed E-state index contributed by atoms with van der Waals surface area (Å²) in [5, 5.41) is 0. The minimum absolute atomic E-state index is 0.0923. The predicted molar refractivity (Wildman–Crippen MR) is 210 cm³/mol. The monoisotopic (exact) mass is 689 g/mol. The van der Waals surface area contributed by atoms with Crippen LogP contribution in [0.2, 0.25) is 0 Å². The number of nitrogens with zero attached hydrogens (tertiary/aromatic N) is 1. The first kappa shape index (κ1) is 36.9. The summed E-state index contributed by atoms with van der Waals surface area (Å²) in [4.78, 5) is 30.1. The molecule has 5 heteroatoms. The molecule has 0 spiro atoms. The second-order valence-corrected chi connectivity index (χ2v) is 17.2. The third-order valence-corrected chi connectivity index (χ3v) is 11.6. The highest BCUT2D eigenvalue weighted by atomic mass is 16.5. The first-order valence-electron chi connectivity index (χ1n) is 19.4. The summed E-state index contributed by atoms with van der Waals surface area (Å²) in [6.45, 7) is 13.6. The molecule has 0 aromatic heterocycles. The van der Waals surface area contributed by atoms with E-state index in [1.54, 1.807) is 14.2 Å². The van der Waals surface area contributed by atoms with Crippen LogP contribution in [0.3, 0.4) is 0 Å². The maximum Gasteiger partial charge on any atom is 0.238 e. The molecule has 2 unspecified atom stereocenters. The number of amides is 2. The first-order chi connectivity index (χ1) is 24.3. The van der Waals surface area contributed by atoms with E-state index in [2.05, 4.69) is 65.8 Å². The lowest BCUT2D eigenvalue weighted by atomic mass is 9.71. The van der Waals surface area contributed by atoms with E-state index in [0.29, 0.717) is 18.5 Å². The number of aryl methyl sites for hydroxylation is 2. The number of allylic oxidation sites excluding steroid dienone is 2. The second-order valence-electron chi connectivity index (χ2n) is 17.2. The van der Waals surface area contributed by atoms with Crippen molar-refractivity contribution in [1.82, 2.24) is 0 Å². The minimum atomic E-state index is -0.447. The molecule has 3 aliphatic rings. The van der Waals surface area contributed by atoms with Crippen LogP contribution in [0, 0.1) is 11.8 Å². The van der Waals surface area contributed by atoms with E-state index in [4.69, 9.17) is 9.47 Å². The quantitative estimate of drug-likeness (QED) is 0.257. The Bertz CT molecular complexity index is 1680. The third-order valence-electron chi connectivity index (χ3n) is 11.6. The Morgan fingerprint density at radius 1 is 0.569 bits per heavy atom. The van der Waals surface area contributed by atoms with Gasteiger partial charge in [0.25, 0.3) is 0 Å². The van der Waals surface area contributed by atoms with Crippen LogP contribution in [0.25, 0.3) is 11.1 Å². The fourth-order valence-corrected chi connectivity index (χ4v) is 8.54. The molecule has 4 bridgehead atoms. The highest BCUT2D eigenvalue weighted by molar-refractivity contribution is 6.23. The van der Waals surface area contributed by atoms with Gasteiger partial charge >= 0.3 is 0 Å². The van der Waals surface area contributed by atoms with E-state index in [9.17, 15) is 9.59 Å². The fraction of sp³-hybridized carbons (Fsp3) is 0.522. The van der Waals surface area contributed by atoms with Gasteiger partial charge in [0, 0.05) is 11.1 Å². The molecule has 0 saturated carbocycles. The molecule has 51 heavy (non-hydrogen) atoms. The van der Waals surface area contributed by atoms with Crippen LogP contribution >= 0.6 is 0 Å². The summed E-state index contributed by atoms with van der Waals surface area (Å²) in [6.07, 6.45) is 12.5. The number of benzene rings is 3. The lowest BCUT2D eigenvalue weighted by molar-refractivity contribution is -0.122. The highest BCUT2D eigenvalue weighted by Gasteiger charge is 2.51. The van der Waals surface area contributed by atoms with E-state index in [1.165, 1.54) is 65.7 Å². The molecule has 6 rings (SSSR count). The number of anilines is 1. The Hall–Kier alpha value is -3.86. The van der Waals surface area contributed by atoms with E-state index in [1.807, 2.05) is 30.3 Å². The summed E-state index contributed by atoms with van der Waals surface area (Å²) in [5.74, 6) is 0.693. The molecular formula is C46H59NO4. The Labute approximate surface area is 306 Å². The summed E-state index contributed by atoms with van der Waals surface area (Å²) < 4.78 is 12.8. The van der Waals surface area contributed by atoms with Crippen molar-refractivity contribution < 1.29 is 19.1 Å². The number of methoxy groups -OCH3 is 2. The van der Waals surface area contributed by atoms with Crippen molar-refractivity contribution in [2.45, 2.75) is 129 Å². The van der Waals surface area contributed by atoms with E-state index in [0.717, 1.165) is 59.5 Å². The number of carbonyl (C=O) groups excluding carboxylic acids is 2. The molecule has 0 radical (unpaired) electrons. The van der Waals surface area contributed by atoms with Gasteiger partial charge in [-0.15, -0.1) is 0 Å². The Morgan fingerprint density at radius 2 is 0.961 bits per heavy atom. The van der Waals surface area contributed by atoms with Gasteiger partial charge in [-0.3, -0.25) is 14.5 Å². The van der Waals surface area contributed by atoms with Crippen LogP contribution in [-0.4, -0.2) is 26.0 Å². The van der Waals surface area contributed by atoms with Crippen molar-refractivity contribution in [2.75, 3.05) is 19.1 Å². The van der Waals surface area contributed by atoms with Gasteiger partial charge in [0.2, 0.25) is 11.8 Å². The number of fused-ring (bicyclic) bond motifs is 7. The molecule has 272 valence electrons. The van der Waals surface area contributed by atoms with Crippen LogP contribution in [-0.2, 0) is 33.3 Å². The summed E-state index contributed by atoms with van der Waals surface area (Å²) >= 11 is 0. The molecular weight excluding hydrogens is 631 g/mol. The molecule has 1 heterocycles. The van der Waals surface area contributed by atoms with Crippen molar-refractivity contribution in [3.05, 3.63) is 88.0 Å². The third kappa shape index (κ3) is 7.55. The number of ether oxygens (including phenoxy) is 2.